The topological polar surface area (TPSA) is 80.5 Å². The number of furan rings is 1. The number of aliphatic imine (C=N–C) groups is 1. The summed E-state index contributed by atoms with van der Waals surface area (Å²) in [4.78, 5) is 7.12. The molecule has 0 atom stereocenters. The molecule has 3 rings (SSSR count). The standard InChI is InChI=1S/C24H36N4O4.HI/c1-20(2)32-22-8-6-21(7-9-22)27-24(26-11-12-28-13-17-29-18-14-28)25-10-4-15-30-19-23-5-3-16-31-23;/h3,5-9,16,20H,4,10-15,17-19H2,1-2H3,(H2,25,26,27);1H. The number of morpholine rings is 1. The number of rotatable bonds is 12. The van der Waals surface area contributed by atoms with Gasteiger partial charge in [-0.05, 0) is 56.7 Å². The molecule has 0 aliphatic carbocycles. The van der Waals surface area contributed by atoms with Crippen LogP contribution in [-0.4, -0.2) is 69.5 Å². The van der Waals surface area contributed by atoms with E-state index in [0.717, 1.165) is 69.0 Å². The third kappa shape index (κ3) is 11.2. The second kappa shape index (κ2) is 15.9. The lowest BCUT2D eigenvalue weighted by molar-refractivity contribution is 0.0389. The average Bonchev–Trinajstić information content (AvgIpc) is 3.31. The SMILES string of the molecule is CC(C)Oc1ccc(NC(=NCCCOCc2ccco2)NCCN2CCOCC2)cc1.I. The average molecular weight is 572 g/mol. The van der Waals surface area contributed by atoms with Crippen LogP contribution in [0.1, 0.15) is 26.0 Å². The van der Waals surface area contributed by atoms with E-state index >= 15 is 0 Å². The van der Waals surface area contributed by atoms with Crippen LogP contribution >= 0.6 is 24.0 Å². The first kappa shape index (κ1) is 27.4. The van der Waals surface area contributed by atoms with E-state index in [9.17, 15) is 0 Å². The number of hydrogen-bond acceptors (Lipinski definition) is 6. The number of guanidine groups is 1. The van der Waals surface area contributed by atoms with Crippen LogP contribution in [0.15, 0.2) is 52.1 Å². The summed E-state index contributed by atoms with van der Waals surface area (Å²) >= 11 is 0. The van der Waals surface area contributed by atoms with Gasteiger partial charge in [0.15, 0.2) is 5.96 Å². The molecule has 1 aliphatic rings. The normalized spacial score (nSPS) is 14.7. The smallest absolute Gasteiger partial charge is 0.195 e. The molecule has 0 amide bonds. The quantitative estimate of drug-likeness (QED) is 0.172. The maximum atomic E-state index is 5.73. The maximum absolute atomic E-state index is 5.73. The molecule has 184 valence electrons. The highest BCUT2D eigenvalue weighted by molar-refractivity contribution is 14.0. The van der Waals surface area contributed by atoms with Crippen molar-refractivity contribution in [3.05, 3.63) is 48.4 Å². The molecule has 1 saturated heterocycles. The Kier molecular flexibility index (Phi) is 13.2. The molecule has 33 heavy (non-hydrogen) atoms. The van der Waals surface area contributed by atoms with Crippen LogP contribution in [0.4, 0.5) is 5.69 Å². The Morgan fingerprint density at radius 2 is 1.94 bits per heavy atom. The molecular formula is C24H37IN4O4. The molecule has 0 spiro atoms. The van der Waals surface area contributed by atoms with Gasteiger partial charge in [-0.15, -0.1) is 24.0 Å². The number of nitrogens with zero attached hydrogens (tertiary/aromatic N) is 2. The molecule has 0 radical (unpaired) electrons. The van der Waals surface area contributed by atoms with Gasteiger partial charge < -0.3 is 29.3 Å². The van der Waals surface area contributed by atoms with Crippen molar-refractivity contribution >= 4 is 35.6 Å². The fraction of sp³-hybridized carbons (Fsp3) is 0.542. The fourth-order valence-corrected chi connectivity index (χ4v) is 3.25. The summed E-state index contributed by atoms with van der Waals surface area (Å²) in [5.74, 6) is 2.46. The van der Waals surface area contributed by atoms with Crippen LogP contribution in [0, 0.1) is 0 Å². The number of hydrogen-bond donors (Lipinski definition) is 2. The van der Waals surface area contributed by atoms with E-state index in [1.165, 1.54) is 0 Å². The second-order valence-corrected chi connectivity index (χ2v) is 7.91. The van der Waals surface area contributed by atoms with Gasteiger partial charge in [0.2, 0.25) is 0 Å². The van der Waals surface area contributed by atoms with Gasteiger partial charge in [0, 0.05) is 45.0 Å². The number of benzene rings is 1. The highest BCUT2D eigenvalue weighted by Gasteiger charge is 2.10. The lowest BCUT2D eigenvalue weighted by Gasteiger charge is -2.26. The van der Waals surface area contributed by atoms with E-state index < -0.39 is 0 Å². The molecule has 1 aliphatic heterocycles. The number of nitrogens with one attached hydrogen (secondary N) is 2. The second-order valence-electron chi connectivity index (χ2n) is 7.91. The van der Waals surface area contributed by atoms with Crippen LogP contribution < -0.4 is 15.4 Å². The first-order valence-corrected chi connectivity index (χ1v) is 11.4. The Morgan fingerprint density at radius 1 is 1.15 bits per heavy atom. The molecule has 2 N–H and O–H groups in total. The fourth-order valence-electron chi connectivity index (χ4n) is 3.25. The molecule has 9 heteroatoms. The minimum atomic E-state index is 0. The van der Waals surface area contributed by atoms with Gasteiger partial charge in [0.05, 0.1) is 25.6 Å². The Bertz CT molecular complexity index is 778. The molecule has 2 heterocycles. The summed E-state index contributed by atoms with van der Waals surface area (Å²) in [6.07, 6.45) is 2.64. The van der Waals surface area contributed by atoms with Gasteiger partial charge >= 0.3 is 0 Å². The Labute approximate surface area is 214 Å². The zero-order valence-corrected chi connectivity index (χ0v) is 22.0. The van der Waals surface area contributed by atoms with Crippen molar-refractivity contribution in [3.63, 3.8) is 0 Å². The number of ether oxygens (including phenoxy) is 3. The largest absolute Gasteiger partial charge is 0.491 e. The van der Waals surface area contributed by atoms with Crippen molar-refractivity contribution in [2.45, 2.75) is 33.0 Å². The summed E-state index contributed by atoms with van der Waals surface area (Å²) in [5, 5.41) is 6.84. The Balaban J connectivity index is 0.00000385. The molecule has 1 aromatic heterocycles. The van der Waals surface area contributed by atoms with E-state index in [2.05, 4.69) is 15.5 Å². The van der Waals surface area contributed by atoms with Crippen molar-refractivity contribution < 1.29 is 18.6 Å². The minimum Gasteiger partial charge on any atom is -0.491 e. The van der Waals surface area contributed by atoms with Crippen molar-refractivity contribution in [1.82, 2.24) is 10.2 Å². The molecule has 0 saturated carbocycles. The lowest BCUT2D eigenvalue weighted by Crippen LogP contribution is -2.42. The molecule has 1 fully saturated rings. The third-order valence-electron chi connectivity index (χ3n) is 4.85. The van der Waals surface area contributed by atoms with Crippen LogP contribution in [0.5, 0.6) is 5.75 Å². The van der Waals surface area contributed by atoms with Crippen molar-refractivity contribution in [2.24, 2.45) is 4.99 Å². The minimum absolute atomic E-state index is 0. The summed E-state index contributed by atoms with van der Waals surface area (Å²) in [6.45, 7) is 11.2. The Morgan fingerprint density at radius 3 is 2.64 bits per heavy atom. The monoisotopic (exact) mass is 572 g/mol. The first-order valence-electron chi connectivity index (χ1n) is 11.4. The summed E-state index contributed by atoms with van der Waals surface area (Å²) < 4.78 is 22.1. The van der Waals surface area contributed by atoms with E-state index in [4.69, 9.17) is 23.6 Å². The summed E-state index contributed by atoms with van der Waals surface area (Å²) in [5.41, 5.74) is 0.966. The zero-order chi connectivity index (χ0) is 22.4. The Hall–Kier alpha value is -1.82. The lowest BCUT2D eigenvalue weighted by atomic mass is 10.3. The molecule has 8 nitrogen and oxygen atoms in total. The van der Waals surface area contributed by atoms with Crippen molar-refractivity contribution in [1.29, 1.82) is 0 Å². The van der Waals surface area contributed by atoms with Crippen LogP contribution in [0.3, 0.4) is 0 Å². The van der Waals surface area contributed by atoms with E-state index in [1.807, 2.05) is 50.2 Å². The maximum Gasteiger partial charge on any atom is 0.195 e. The number of halogens is 1. The predicted molar refractivity (Wildman–Crippen MR) is 142 cm³/mol. The summed E-state index contributed by atoms with van der Waals surface area (Å²) in [7, 11) is 0. The van der Waals surface area contributed by atoms with Gasteiger partial charge in [-0.3, -0.25) is 9.89 Å². The molecular weight excluding hydrogens is 535 g/mol. The molecule has 0 unspecified atom stereocenters. The van der Waals surface area contributed by atoms with Crippen molar-refractivity contribution in [3.8, 4) is 5.75 Å². The molecule has 2 aromatic rings. The highest BCUT2D eigenvalue weighted by Crippen LogP contribution is 2.16. The molecule has 1 aromatic carbocycles. The molecule has 0 bridgehead atoms. The highest BCUT2D eigenvalue weighted by atomic mass is 127. The van der Waals surface area contributed by atoms with Gasteiger partial charge in [-0.2, -0.15) is 0 Å². The first-order chi connectivity index (χ1) is 15.7. The predicted octanol–water partition coefficient (Wildman–Crippen LogP) is 3.98. The van der Waals surface area contributed by atoms with Gasteiger partial charge in [-0.25, -0.2) is 0 Å². The number of anilines is 1. The van der Waals surface area contributed by atoms with Gasteiger partial charge in [0.1, 0.15) is 18.1 Å². The van der Waals surface area contributed by atoms with Crippen LogP contribution in [0.2, 0.25) is 0 Å². The van der Waals surface area contributed by atoms with E-state index in [0.29, 0.717) is 19.8 Å². The van der Waals surface area contributed by atoms with E-state index in [-0.39, 0.29) is 30.1 Å². The third-order valence-corrected chi connectivity index (χ3v) is 4.85. The van der Waals surface area contributed by atoms with Crippen LogP contribution in [0.25, 0.3) is 0 Å². The van der Waals surface area contributed by atoms with Gasteiger partial charge in [-0.1, -0.05) is 0 Å². The zero-order valence-electron chi connectivity index (χ0n) is 19.6. The summed E-state index contributed by atoms with van der Waals surface area (Å²) in [6, 6.07) is 11.7. The van der Waals surface area contributed by atoms with E-state index in [1.54, 1.807) is 6.26 Å². The van der Waals surface area contributed by atoms with Crippen molar-refractivity contribution in [2.75, 3.05) is 57.9 Å². The van der Waals surface area contributed by atoms with Crippen LogP contribution in [-0.2, 0) is 16.1 Å². The van der Waals surface area contributed by atoms with Gasteiger partial charge in [0.25, 0.3) is 0 Å².